The van der Waals surface area contributed by atoms with E-state index >= 15 is 0 Å². The molecule has 0 spiro atoms. The van der Waals surface area contributed by atoms with E-state index < -0.39 is 0 Å². The molecule has 25 heavy (non-hydrogen) atoms. The predicted octanol–water partition coefficient (Wildman–Crippen LogP) is 1.88. The van der Waals surface area contributed by atoms with Gasteiger partial charge < -0.3 is 4.90 Å². The van der Waals surface area contributed by atoms with E-state index in [2.05, 4.69) is 32.5 Å². The minimum atomic E-state index is 0.131. The number of aromatic nitrogens is 3. The van der Waals surface area contributed by atoms with Crippen LogP contribution in [0.2, 0.25) is 0 Å². The molecule has 0 saturated carbocycles. The van der Waals surface area contributed by atoms with Crippen molar-refractivity contribution in [3.63, 3.8) is 0 Å². The fourth-order valence-electron chi connectivity index (χ4n) is 3.21. The fraction of sp³-hybridized carbons (Fsp3) is 0.389. The number of piperazine rings is 1. The summed E-state index contributed by atoms with van der Waals surface area (Å²) in [5, 5.41) is 6.43. The maximum Gasteiger partial charge on any atom is 0.244 e. The van der Waals surface area contributed by atoms with Gasteiger partial charge in [-0.1, -0.05) is 6.07 Å². The summed E-state index contributed by atoms with van der Waals surface area (Å²) < 4.78 is 1.74. The monoisotopic (exact) mass is 355 g/mol. The minimum Gasteiger partial charge on any atom is -0.339 e. The van der Waals surface area contributed by atoms with E-state index in [1.807, 2.05) is 28.4 Å². The summed E-state index contributed by atoms with van der Waals surface area (Å²) in [4.78, 5) is 22.7. The minimum absolute atomic E-state index is 0.131. The van der Waals surface area contributed by atoms with Gasteiger partial charge in [-0.15, -0.1) is 11.3 Å². The van der Waals surface area contributed by atoms with Crippen LogP contribution >= 0.6 is 11.3 Å². The highest BCUT2D eigenvalue weighted by Gasteiger charge is 2.21. The first-order chi connectivity index (χ1) is 12.3. The number of pyridine rings is 1. The van der Waals surface area contributed by atoms with Gasteiger partial charge in [0.15, 0.2) is 0 Å². The topological polar surface area (TPSA) is 54.3 Å². The Labute approximate surface area is 150 Å². The Bertz CT molecular complexity index is 836. The maximum atomic E-state index is 12.6. The molecule has 1 amide bonds. The first kappa shape index (κ1) is 16.2. The van der Waals surface area contributed by atoms with E-state index in [9.17, 15) is 4.79 Å². The van der Waals surface area contributed by atoms with Gasteiger partial charge in [-0.2, -0.15) is 5.10 Å². The SMILES string of the molecule is O=C(Cn1ncc2ncccc21)N1CCN(CCc2cccs2)CC1. The molecule has 4 heterocycles. The Balaban J connectivity index is 1.29. The largest absolute Gasteiger partial charge is 0.339 e. The second kappa shape index (κ2) is 7.33. The molecule has 6 nitrogen and oxygen atoms in total. The molecule has 1 aliphatic heterocycles. The van der Waals surface area contributed by atoms with Crippen molar-refractivity contribution in [2.24, 2.45) is 0 Å². The average Bonchev–Trinajstić information content (AvgIpc) is 3.31. The average molecular weight is 355 g/mol. The van der Waals surface area contributed by atoms with Gasteiger partial charge in [0.2, 0.25) is 5.91 Å². The normalized spacial score (nSPS) is 15.8. The van der Waals surface area contributed by atoms with Gasteiger partial charge in [-0.3, -0.25) is 19.4 Å². The summed E-state index contributed by atoms with van der Waals surface area (Å²) in [5.74, 6) is 0.131. The molecule has 0 unspecified atom stereocenters. The molecular formula is C18H21N5OS. The first-order valence-corrected chi connectivity index (χ1v) is 9.46. The Hall–Kier alpha value is -2.25. The molecule has 1 fully saturated rings. The predicted molar refractivity (Wildman–Crippen MR) is 98.6 cm³/mol. The molecule has 0 atom stereocenters. The van der Waals surface area contributed by atoms with E-state index in [0.717, 1.165) is 50.2 Å². The number of fused-ring (bicyclic) bond motifs is 1. The molecule has 0 aromatic carbocycles. The molecule has 130 valence electrons. The summed E-state index contributed by atoms with van der Waals surface area (Å²) >= 11 is 1.81. The Morgan fingerprint density at radius 2 is 2.04 bits per heavy atom. The van der Waals surface area contributed by atoms with Crippen molar-refractivity contribution in [2.75, 3.05) is 32.7 Å². The van der Waals surface area contributed by atoms with Crippen molar-refractivity contribution in [1.29, 1.82) is 0 Å². The Kier molecular flexibility index (Phi) is 4.76. The van der Waals surface area contributed by atoms with Crippen molar-refractivity contribution < 1.29 is 4.79 Å². The third-order valence-electron chi connectivity index (χ3n) is 4.68. The number of nitrogens with zero attached hydrogens (tertiary/aromatic N) is 5. The second-order valence-corrected chi connectivity index (χ2v) is 7.29. The highest BCUT2D eigenvalue weighted by Crippen LogP contribution is 2.12. The van der Waals surface area contributed by atoms with Gasteiger partial charge in [0.25, 0.3) is 0 Å². The van der Waals surface area contributed by atoms with Crippen LogP contribution < -0.4 is 0 Å². The van der Waals surface area contributed by atoms with Crippen LogP contribution in [-0.4, -0.2) is 63.2 Å². The molecule has 0 radical (unpaired) electrons. The number of amides is 1. The van der Waals surface area contributed by atoms with Gasteiger partial charge in [0, 0.05) is 43.8 Å². The molecule has 0 bridgehead atoms. The number of carbonyl (C=O) groups excluding carboxylic acids is 1. The van der Waals surface area contributed by atoms with Crippen LogP contribution in [0, 0.1) is 0 Å². The maximum absolute atomic E-state index is 12.6. The van der Waals surface area contributed by atoms with Crippen molar-refractivity contribution >= 4 is 28.3 Å². The molecule has 1 aliphatic rings. The van der Waals surface area contributed by atoms with Crippen molar-refractivity contribution in [2.45, 2.75) is 13.0 Å². The smallest absolute Gasteiger partial charge is 0.244 e. The summed E-state index contributed by atoms with van der Waals surface area (Å²) in [6.07, 6.45) is 4.55. The lowest BCUT2D eigenvalue weighted by Gasteiger charge is -2.34. The summed E-state index contributed by atoms with van der Waals surface area (Å²) in [6, 6.07) is 8.11. The van der Waals surface area contributed by atoms with E-state index in [1.54, 1.807) is 17.1 Å². The van der Waals surface area contributed by atoms with E-state index in [-0.39, 0.29) is 12.5 Å². The zero-order chi connectivity index (χ0) is 17.1. The molecular weight excluding hydrogens is 334 g/mol. The van der Waals surface area contributed by atoms with Gasteiger partial charge in [-0.05, 0) is 30.0 Å². The molecule has 3 aromatic heterocycles. The zero-order valence-corrected chi connectivity index (χ0v) is 14.9. The lowest BCUT2D eigenvalue weighted by Crippen LogP contribution is -2.49. The van der Waals surface area contributed by atoms with Crippen molar-refractivity contribution in [3.05, 3.63) is 46.9 Å². The first-order valence-electron chi connectivity index (χ1n) is 8.59. The van der Waals surface area contributed by atoms with Gasteiger partial charge in [0.05, 0.1) is 11.7 Å². The summed E-state index contributed by atoms with van der Waals surface area (Å²) in [7, 11) is 0. The van der Waals surface area contributed by atoms with Crippen molar-refractivity contribution in [1.82, 2.24) is 24.6 Å². The van der Waals surface area contributed by atoms with Crippen LogP contribution in [0.1, 0.15) is 4.88 Å². The number of hydrogen-bond acceptors (Lipinski definition) is 5. The number of hydrogen-bond donors (Lipinski definition) is 0. The summed E-state index contributed by atoms with van der Waals surface area (Å²) in [5.41, 5.74) is 1.74. The zero-order valence-electron chi connectivity index (χ0n) is 14.0. The fourth-order valence-corrected chi connectivity index (χ4v) is 3.91. The quantitative estimate of drug-likeness (QED) is 0.701. The van der Waals surface area contributed by atoms with Crippen LogP contribution in [0.25, 0.3) is 11.0 Å². The number of rotatable bonds is 5. The van der Waals surface area contributed by atoms with Gasteiger partial charge in [-0.25, -0.2) is 0 Å². The van der Waals surface area contributed by atoms with E-state index in [4.69, 9.17) is 0 Å². The van der Waals surface area contributed by atoms with Crippen LogP contribution in [-0.2, 0) is 17.8 Å². The summed E-state index contributed by atoms with van der Waals surface area (Å²) in [6.45, 7) is 4.82. The number of carbonyl (C=O) groups is 1. The van der Waals surface area contributed by atoms with Crippen LogP contribution in [0.4, 0.5) is 0 Å². The second-order valence-electron chi connectivity index (χ2n) is 6.26. The Morgan fingerprint density at radius 1 is 1.16 bits per heavy atom. The molecule has 0 N–H and O–H groups in total. The molecule has 4 rings (SSSR count). The van der Waals surface area contributed by atoms with E-state index in [1.165, 1.54) is 4.88 Å². The highest BCUT2D eigenvalue weighted by molar-refractivity contribution is 7.09. The van der Waals surface area contributed by atoms with Crippen LogP contribution in [0.5, 0.6) is 0 Å². The molecule has 3 aromatic rings. The third kappa shape index (κ3) is 3.72. The third-order valence-corrected chi connectivity index (χ3v) is 5.61. The standard InChI is InChI=1S/C18H21N5OS/c24-18(14-23-17-4-1-6-19-16(17)13-20-23)22-10-8-21(9-11-22)7-5-15-3-2-12-25-15/h1-4,6,12-13H,5,7-11,14H2. The highest BCUT2D eigenvalue weighted by atomic mass is 32.1. The Morgan fingerprint density at radius 3 is 2.84 bits per heavy atom. The number of thiophene rings is 1. The lowest BCUT2D eigenvalue weighted by atomic mass is 10.2. The molecule has 7 heteroatoms. The van der Waals surface area contributed by atoms with Crippen LogP contribution in [0.15, 0.2) is 42.0 Å². The van der Waals surface area contributed by atoms with Crippen LogP contribution in [0.3, 0.4) is 0 Å². The van der Waals surface area contributed by atoms with Gasteiger partial charge in [0.1, 0.15) is 12.1 Å². The molecule has 0 aliphatic carbocycles. The lowest BCUT2D eigenvalue weighted by molar-refractivity contribution is -0.133. The van der Waals surface area contributed by atoms with E-state index in [0.29, 0.717) is 0 Å². The van der Waals surface area contributed by atoms with Crippen molar-refractivity contribution in [3.8, 4) is 0 Å². The molecule has 1 saturated heterocycles. The van der Waals surface area contributed by atoms with Gasteiger partial charge >= 0.3 is 0 Å².